The summed E-state index contributed by atoms with van der Waals surface area (Å²) in [5.74, 6) is -0.0858. The van der Waals surface area contributed by atoms with Gasteiger partial charge in [0.15, 0.2) is 0 Å². The van der Waals surface area contributed by atoms with Crippen LogP contribution in [0.3, 0.4) is 0 Å². The van der Waals surface area contributed by atoms with Gasteiger partial charge in [-0.15, -0.1) is 0 Å². The molecule has 0 saturated carbocycles. The molecule has 0 radical (unpaired) electrons. The Morgan fingerprint density at radius 3 is 1.52 bits per heavy atom. The Kier molecular flexibility index (Phi) is 6.93. The highest BCUT2D eigenvalue weighted by Gasteiger charge is 2.72. The lowest BCUT2D eigenvalue weighted by molar-refractivity contribution is -0.288. The third-order valence-corrected chi connectivity index (χ3v) is 5.51. The van der Waals surface area contributed by atoms with Gasteiger partial charge in [-0.1, -0.05) is 24.3 Å². The zero-order valence-corrected chi connectivity index (χ0v) is 18.7. The number of aliphatic hydroxyl groups excluding tert-OH is 1. The van der Waals surface area contributed by atoms with Crippen LogP contribution in [0.15, 0.2) is 36.4 Å². The minimum atomic E-state index is -5.87. The molecule has 2 rings (SSSR count). The fraction of sp³-hybridized carbons (Fsp3) is 0.478. The molecule has 0 aromatic heterocycles. The van der Waals surface area contributed by atoms with Gasteiger partial charge in [0, 0.05) is 5.56 Å². The van der Waals surface area contributed by atoms with Crippen molar-refractivity contribution in [3.8, 4) is 5.75 Å². The van der Waals surface area contributed by atoms with E-state index in [1.165, 1.54) is 34.8 Å². The van der Waals surface area contributed by atoms with E-state index in [9.17, 15) is 41.7 Å². The van der Waals surface area contributed by atoms with Gasteiger partial charge >= 0.3 is 12.4 Å². The summed E-state index contributed by atoms with van der Waals surface area (Å²) in [4.78, 5) is 0. The molecule has 33 heavy (non-hydrogen) atoms. The Morgan fingerprint density at radius 1 is 0.727 bits per heavy atom. The van der Waals surface area contributed by atoms with E-state index in [1.54, 1.807) is 0 Å². The molecule has 0 spiro atoms. The first kappa shape index (κ1) is 26.9. The SMILES string of the molecule is COc1ccc(C(c2ccc(CO)c(C(C)(C)O)c2)(C(F)(F)F)C(F)(F)F)cc1C(C)(C)O. The second-order valence-electron chi connectivity index (χ2n) is 8.81. The Labute approximate surface area is 187 Å². The second-order valence-corrected chi connectivity index (χ2v) is 8.81. The average Bonchev–Trinajstić information content (AvgIpc) is 2.64. The molecule has 0 amide bonds. The molecule has 0 aliphatic heterocycles. The minimum absolute atomic E-state index is 0.0172. The normalized spacial score (nSPS) is 13.9. The first-order valence-corrected chi connectivity index (χ1v) is 9.84. The monoisotopic (exact) mass is 480 g/mol. The van der Waals surface area contributed by atoms with Gasteiger partial charge in [0.05, 0.1) is 24.9 Å². The molecule has 0 bridgehead atoms. The van der Waals surface area contributed by atoms with Gasteiger partial charge in [-0.05, 0) is 62.1 Å². The van der Waals surface area contributed by atoms with E-state index >= 15 is 0 Å². The zero-order valence-electron chi connectivity index (χ0n) is 18.7. The average molecular weight is 480 g/mol. The van der Waals surface area contributed by atoms with Crippen LogP contribution in [-0.2, 0) is 23.2 Å². The topological polar surface area (TPSA) is 69.9 Å². The van der Waals surface area contributed by atoms with E-state index < -0.39 is 46.7 Å². The molecule has 0 atom stereocenters. The van der Waals surface area contributed by atoms with E-state index in [2.05, 4.69) is 0 Å². The van der Waals surface area contributed by atoms with Crippen LogP contribution in [0.4, 0.5) is 26.3 Å². The van der Waals surface area contributed by atoms with Crippen LogP contribution in [0, 0.1) is 0 Å². The molecule has 4 nitrogen and oxygen atoms in total. The maximum absolute atomic E-state index is 14.5. The number of ether oxygens (including phenoxy) is 1. The molecule has 0 fully saturated rings. The maximum atomic E-state index is 14.5. The van der Waals surface area contributed by atoms with E-state index in [-0.39, 0.29) is 22.4 Å². The predicted octanol–water partition coefficient (Wildman–Crippen LogP) is 5.05. The van der Waals surface area contributed by atoms with Crippen molar-refractivity contribution in [1.82, 2.24) is 0 Å². The molecule has 184 valence electrons. The Bertz CT molecular complexity index is 916. The largest absolute Gasteiger partial charge is 0.496 e. The lowest BCUT2D eigenvalue weighted by atomic mass is 9.70. The number of methoxy groups -OCH3 is 1. The van der Waals surface area contributed by atoms with Crippen molar-refractivity contribution in [1.29, 1.82) is 0 Å². The van der Waals surface area contributed by atoms with Gasteiger partial charge in [-0.2, -0.15) is 26.3 Å². The van der Waals surface area contributed by atoms with Crippen molar-refractivity contribution < 1.29 is 46.4 Å². The zero-order chi connectivity index (χ0) is 25.6. The first-order chi connectivity index (χ1) is 14.8. The summed E-state index contributed by atoms with van der Waals surface area (Å²) in [6.07, 6.45) is -11.7. The molecule has 0 heterocycles. The molecule has 10 heteroatoms. The number of hydrogen-bond donors (Lipinski definition) is 3. The molecular formula is C23H26F6O4. The van der Waals surface area contributed by atoms with Gasteiger partial charge in [0.2, 0.25) is 5.41 Å². The van der Waals surface area contributed by atoms with E-state index in [0.717, 1.165) is 12.1 Å². The molecule has 0 saturated heterocycles. The van der Waals surface area contributed by atoms with Crippen LogP contribution in [0.1, 0.15) is 55.5 Å². The molecule has 0 unspecified atom stereocenters. The van der Waals surface area contributed by atoms with Gasteiger partial charge in [0.1, 0.15) is 5.75 Å². The lowest BCUT2D eigenvalue weighted by Gasteiger charge is -2.39. The van der Waals surface area contributed by atoms with E-state index in [0.29, 0.717) is 24.3 Å². The van der Waals surface area contributed by atoms with Crippen molar-refractivity contribution in [2.75, 3.05) is 7.11 Å². The van der Waals surface area contributed by atoms with Gasteiger partial charge in [-0.25, -0.2) is 0 Å². The second kappa shape index (κ2) is 8.48. The highest BCUT2D eigenvalue weighted by Crippen LogP contribution is 2.57. The summed E-state index contributed by atoms with van der Waals surface area (Å²) >= 11 is 0. The quantitative estimate of drug-likeness (QED) is 0.506. The highest BCUT2D eigenvalue weighted by atomic mass is 19.4. The van der Waals surface area contributed by atoms with Crippen LogP contribution in [0.25, 0.3) is 0 Å². The van der Waals surface area contributed by atoms with E-state index in [4.69, 9.17) is 4.74 Å². The van der Waals surface area contributed by atoms with Gasteiger partial charge < -0.3 is 20.1 Å². The molecular weight excluding hydrogens is 454 g/mol. The first-order valence-electron chi connectivity index (χ1n) is 9.84. The molecule has 0 aliphatic carbocycles. The van der Waals surface area contributed by atoms with Gasteiger partial charge in [0.25, 0.3) is 0 Å². The summed E-state index contributed by atoms with van der Waals surface area (Å²) < 4.78 is 92.3. The minimum Gasteiger partial charge on any atom is -0.496 e. The Morgan fingerprint density at radius 2 is 1.15 bits per heavy atom. The van der Waals surface area contributed by atoms with Crippen molar-refractivity contribution in [2.24, 2.45) is 0 Å². The van der Waals surface area contributed by atoms with Crippen LogP contribution >= 0.6 is 0 Å². The highest BCUT2D eigenvalue weighted by molar-refractivity contribution is 5.52. The standard InChI is InChI=1S/C23H26F6O4/c1-19(2,31)16-10-14(7-6-13(16)12-30)21(22(24,25)26,23(27,28)29)15-8-9-18(33-5)17(11-15)20(3,4)32/h6-11,30-32H,12H2,1-5H3. The summed E-state index contributed by atoms with van der Waals surface area (Å²) in [6, 6.07) is 4.39. The number of alkyl halides is 6. The number of aliphatic hydroxyl groups is 3. The molecule has 0 aliphatic rings. The third-order valence-electron chi connectivity index (χ3n) is 5.51. The van der Waals surface area contributed by atoms with Crippen molar-refractivity contribution >= 4 is 0 Å². The van der Waals surface area contributed by atoms with Crippen molar-refractivity contribution in [2.45, 2.75) is 63.3 Å². The van der Waals surface area contributed by atoms with Crippen molar-refractivity contribution in [3.63, 3.8) is 0 Å². The van der Waals surface area contributed by atoms with Crippen molar-refractivity contribution in [3.05, 3.63) is 64.2 Å². The Hall–Kier alpha value is -2.30. The number of hydrogen-bond acceptors (Lipinski definition) is 4. The number of rotatable bonds is 6. The Balaban J connectivity index is 3.08. The van der Waals surface area contributed by atoms with Crippen LogP contribution in [0.2, 0.25) is 0 Å². The molecule has 3 N–H and O–H groups in total. The fourth-order valence-electron chi connectivity index (χ4n) is 3.92. The maximum Gasteiger partial charge on any atom is 0.411 e. The van der Waals surface area contributed by atoms with Crippen LogP contribution < -0.4 is 4.74 Å². The lowest BCUT2D eigenvalue weighted by Crippen LogP contribution is -2.55. The van der Waals surface area contributed by atoms with Crippen LogP contribution in [-0.4, -0.2) is 34.8 Å². The summed E-state index contributed by atoms with van der Waals surface area (Å²) in [5, 5.41) is 30.2. The van der Waals surface area contributed by atoms with E-state index in [1.807, 2.05) is 0 Å². The number of benzene rings is 2. The smallest absolute Gasteiger partial charge is 0.411 e. The number of halogens is 6. The molecule has 2 aromatic rings. The fourth-order valence-corrected chi connectivity index (χ4v) is 3.92. The summed E-state index contributed by atoms with van der Waals surface area (Å²) in [5.41, 5.74) is -11.1. The predicted molar refractivity (Wildman–Crippen MR) is 109 cm³/mol. The van der Waals surface area contributed by atoms with Crippen LogP contribution in [0.5, 0.6) is 5.75 Å². The summed E-state index contributed by atoms with van der Waals surface area (Å²) in [6.45, 7) is 4.09. The summed E-state index contributed by atoms with van der Waals surface area (Å²) in [7, 11) is 1.17. The third kappa shape index (κ3) is 4.69. The molecule has 2 aromatic carbocycles. The van der Waals surface area contributed by atoms with Gasteiger partial charge in [-0.3, -0.25) is 0 Å².